The fraction of sp³-hybridized carbons (Fsp3) is 0.417. The SMILES string of the molecule is CC(=O)NCC(O)C(O)c1ccc(CN)c(F)c1. The largest absolute Gasteiger partial charge is 0.388 e. The summed E-state index contributed by atoms with van der Waals surface area (Å²) in [6, 6.07) is 4.08. The van der Waals surface area contributed by atoms with Crippen LogP contribution in [0.5, 0.6) is 0 Å². The molecule has 2 unspecified atom stereocenters. The lowest BCUT2D eigenvalue weighted by atomic mass is 10.0. The van der Waals surface area contributed by atoms with Gasteiger partial charge in [-0.3, -0.25) is 4.79 Å². The summed E-state index contributed by atoms with van der Waals surface area (Å²) in [5.41, 5.74) is 5.89. The molecule has 5 nitrogen and oxygen atoms in total. The third kappa shape index (κ3) is 3.76. The van der Waals surface area contributed by atoms with Crippen LogP contribution in [0.3, 0.4) is 0 Å². The lowest BCUT2D eigenvalue weighted by Gasteiger charge is -2.18. The predicted octanol–water partition coefficient (Wildman–Crippen LogP) is -0.185. The highest BCUT2D eigenvalue weighted by Gasteiger charge is 2.19. The molecule has 0 spiro atoms. The molecule has 1 aromatic carbocycles. The molecule has 2 atom stereocenters. The van der Waals surface area contributed by atoms with Crippen molar-refractivity contribution in [2.75, 3.05) is 6.54 Å². The van der Waals surface area contributed by atoms with Crippen LogP contribution in [0.25, 0.3) is 0 Å². The van der Waals surface area contributed by atoms with Crippen molar-refractivity contribution in [3.8, 4) is 0 Å². The summed E-state index contributed by atoms with van der Waals surface area (Å²) >= 11 is 0. The topological polar surface area (TPSA) is 95.6 Å². The van der Waals surface area contributed by atoms with Crippen LogP contribution in [0.15, 0.2) is 18.2 Å². The van der Waals surface area contributed by atoms with E-state index >= 15 is 0 Å². The molecule has 18 heavy (non-hydrogen) atoms. The van der Waals surface area contributed by atoms with E-state index in [0.29, 0.717) is 5.56 Å². The third-order valence-corrected chi connectivity index (χ3v) is 2.56. The highest BCUT2D eigenvalue weighted by atomic mass is 19.1. The number of nitrogens with one attached hydrogen (secondary N) is 1. The van der Waals surface area contributed by atoms with E-state index < -0.39 is 18.0 Å². The summed E-state index contributed by atoms with van der Waals surface area (Å²) < 4.78 is 13.4. The molecule has 1 aromatic rings. The lowest BCUT2D eigenvalue weighted by Crippen LogP contribution is -2.34. The van der Waals surface area contributed by atoms with Gasteiger partial charge in [-0.2, -0.15) is 0 Å². The first-order chi connectivity index (χ1) is 8.45. The smallest absolute Gasteiger partial charge is 0.216 e. The van der Waals surface area contributed by atoms with Crippen molar-refractivity contribution in [1.29, 1.82) is 0 Å². The van der Waals surface area contributed by atoms with E-state index in [9.17, 15) is 19.4 Å². The highest BCUT2D eigenvalue weighted by molar-refractivity contribution is 5.72. The Kier molecular flexibility index (Phi) is 5.21. The van der Waals surface area contributed by atoms with Crippen LogP contribution in [0.1, 0.15) is 24.2 Å². The van der Waals surface area contributed by atoms with Gasteiger partial charge in [-0.25, -0.2) is 4.39 Å². The third-order valence-electron chi connectivity index (χ3n) is 2.56. The minimum absolute atomic E-state index is 0.0661. The fourth-order valence-corrected chi connectivity index (χ4v) is 1.50. The minimum Gasteiger partial charge on any atom is -0.388 e. The molecule has 100 valence electrons. The van der Waals surface area contributed by atoms with Crippen LogP contribution in [-0.2, 0) is 11.3 Å². The number of carbonyl (C=O) groups excluding carboxylic acids is 1. The molecule has 0 aliphatic rings. The quantitative estimate of drug-likeness (QED) is 0.587. The number of benzene rings is 1. The zero-order valence-electron chi connectivity index (χ0n) is 10.1. The molecule has 0 aliphatic carbocycles. The second kappa shape index (κ2) is 6.44. The molecule has 0 radical (unpaired) electrons. The Hall–Kier alpha value is -1.50. The van der Waals surface area contributed by atoms with Crippen molar-refractivity contribution in [3.63, 3.8) is 0 Å². The number of aliphatic hydroxyl groups excluding tert-OH is 2. The van der Waals surface area contributed by atoms with Crippen molar-refractivity contribution >= 4 is 5.91 Å². The zero-order chi connectivity index (χ0) is 13.7. The summed E-state index contributed by atoms with van der Waals surface area (Å²) in [6.07, 6.45) is -2.46. The first-order valence-corrected chi connectivity index (χ1v) is 5.54. The molecule has 0 saturated heterocycles. The number of hydrogen-bond acceptors (Lipinski definition) is 4. The van der Waals surface area contributed by atoms with Gasteiger partial charge in [-0.05, 0) is 11.6 Å². The van der Waals surface area contributed by atoms with Crippen molar-refractivity contribution in [3.05, 3.63) is 35.1 Å². The first kappa shape index (κ1) is 14.6. The van der Waals surface area contributed by atoms with Crippen LogP contribution in [-0.4, -0.2) is 28.8 Å². The fourth-order valence-electron chi connectivity index (χ4n) is 1.50. The maximum Gasteiger partial charge on any atom is 0.216 e. The van der Waals surface area contributed by atoms with E-state index in [1.807, 2.05) is 0 Å². The van der Waals surface area contributed by atoms with Crippen molar-refractivity contribution in [2.24, 2.45) is 5.73 Å². The van der Waals surface area contributed by atoms with E-state index in [4.69, 9.17) is 5.73 Å². The Morgan fingerprint density at radius 2 is 2.17 bits per heavy atom. The second-order valence-corrected chi connectivity index (χ2v) is 4.00. The van der Waals surface area contributed by atoms with Gasteiger partial charge in [-0.1, -0.05) is 12.1 Å². The average Bonchev–Trinajstić information content (AvgIpc) is 2.34. The summed E-state index contributed by atoms with van der Waals surface area (Å²) in [5.74, 6) is -0.841. The number of rotatable bonds is 5. The lowest BCUT2D eigenvalue weighted by molar-refractivity contribution is -0.119. The number of nitrogens with two attached hydrogens (primary N) is 1. The van der Waals surface area contributed by atoms with Gasteiger partial charge in [0.2, 0.25) is 5.91 Å². The Bertz CT molecular complexity index is 426. The Morgan fingerprint density at radius 1 is 1.50 bits per heavy atom. The van der Waals surface area contributed by atoms with Gasteiger partial charge in [-0.15, -0.1) is 0 Å². The molecule has 0 bridgehead atoms. The van der Waals surface area contributed by atoms with Gasteiger partial charge in [0, 0.05) is 25.6 Å². The van der Waals surface area contributed by atoms with Gasteiger partial charge in [0.1, 0.15) is 18.0 Å². The van der Waals surface area contributed by atoms with Crippen LogP contribution in [0.2, 0.25) is 0 Å². The normalized spacial score (nSPS) is 14.1. The molecule has 0 saturated carbocycles. The van der Waals surface area contributed by atoms with Gasteiger partial charge >= 0.3 is 0 Å². The van der Waals surface area contributed by atoms with E-state index in [0.717, 1.165) is 6.07 Å². The summed E-state index contributed by atoms with van der Waals surface area (Å²) in [4.78, 5) is 10.7. The minimum atomic E-state index is -1.27. The number of hydrogen-bond donors (Lipinski definition) is 4. The van der Waals surface area contributed by atoms with Crippen molar-refractivity contribution < 1.29 is 19.4 Å². The number of halogens is 1. The monoisotopic (exact) mass is 256 g/mol. The predicted molar refractivity (Wildman–Crippen MR) is 63.9 cm³/mol. The van der Waals surface area contributed by atoms with Gasteiger partial charge in [0.15, 0.2) is 0 Å². The van der Waals surface area contributed by atoms with E-state index in [2.05, 4.69) is 5.32 Å². The van der Waals surface area contributed by atoms with Crippen molar-refractivity contribution in [2.45, 2.75) is 25.7 Å². The Balaban J connectivity index is 2.74. The molecule has 0 heterocycles. The first-order valence-electron chi connectivity index (χ1n) is 5.54. The molecule has 5 N–H and O–H groups in total. The summed E-state index contributed by atoms with van der Waals surface area (Å²) in [7, 11) is 0. The summed E-state index contributed by atoms with van der Waals surface area (Å²) in [6.45, 7) is 1.27. The molecule has 0 aliphatic heterocycles. The maximum absolute atomic E-state index is 13.4. The summed E-state index contributed by atoms with van der Waals surface area (Å²) in [5, 5.41) is 21.8. The van der Waals surface area contributed by atoms with Gasteiger partial charge in [0.25, 0.3) is 0 Å². The van der Waals surface area contributed by atoms with Crippen LogP contribution in [0, 0.1) is 5.82 Å². The van der Waals surface area contributed by atoms with Gasteiger partial charge in [0.05, 0.1) is 0 Å². The van der Waals surface area contributed by atoms with Gasteiger partial charge < -0.3 is 21.3 Å². The maximum atomic E-state index is 13.4. The molecule has 1 amide bonds. The molecule has 0 aromatic heterocycles. The molecule has 0 fully saturated rings. The van der Waals surface area contributed by atoms with Crippen LogP contribution < -0.4 is 11.1 Å². The zero-order valence-corrected chi connectivity index (χ0v) is 10.1. The number of carbonyl (C=O) groups is 1. The number of amides is 1. The van der Waals surface area contributed by atoms with E-state index in [-0.39, 0.29) is 24.6 Å². The average molecular weight is 256 g/mol. The molecule has 1 rings (SSSR count). The van der Waals surface area contributed by atoms with E-state index in [1.165, 1.54) is 19.1 Å². The second-order valence-electron chi connectivity index (χ2n) is 4.00. The Labute approximate surface area is 104 Å². The molecular weight excluding hydrogens is 239 g/mol. The van der Waals surface area contributed by atoms with Crippen molar-refractivity contribution in [1.82, 2.24) is 5.32 Å². The Morgan fingerprint density at radius 3 is 2.67 bits per heavy atom. The standard InChI is InChI=1S/C12H17FN2O3/c1-7(16)15-6-11(17)12(18)8-2-3-9(5-14)10(13)4-8/h2-4,11-12,17-18H,5-6,14H2,1H3,(H,15,16). The number of aliphatic hydroxyl groups is 2. The molecule has 6 heteroatoms. The van der Waals surface area contributed by atoms with Crippen LogP contribution >= 0.6 is 0 Å². The van der Waals surface area contributed by atoms with Crippen LogP contribution in [0.4, 0.5) is 4.39 Å². The van der Waals surface area contributed by atoms with E-state index in [1.54, 1.807) is 0 Å². The molecular formula is C12H17FN2O3. The highest BCUT2D eigenvalue weighted by Crippen LogP contribution is 2.19.